The summed E-state index contributed by atoms with van der Waals surface area (Å²) in [6, 6.07) is 14.8. The zero-order valence-corrected chi connectivity index (χ0v) is 16.9. The molecule has 0 aliphatic carbocycles. The van der Waals surface area contributed by atoms with Gasteiger partial charge in [0.15, 0.2) is 5.82 Å². The van der Waals surface area contributed by atoms with Crippen molar-refractivity contribution in [3.05, 3.63) is 65.0 Å². The highest BCUT2D eigenvalue weighted by molar-refractivity contribution is 5.93. The van der Waals surface area contributed by atoms with Gasteiger partial charge in [-0.05, 0) is 61.2 Å². The Bertz CT molecular complexity index is 994. The number of carbonyl (C=O) groups is 1. The van der Waals surface area contributed by atoms with E-state index in [0.717, 1.165) is 42.9 Å². The minimum Gasteiger partial charge on any atom is -0.334 e. The fourth-order valence-corrected chi connectivity index (χ4v) is 3.55. The molecule has 0 bridgehead atoms. The average molecular weight is 390 g/mol. The number of aromatic nitrogens is 2. The zero-order valence-electron chi connectivity index (χ0n) is 16.9. The van der Waals surface area contributed by atoms with E-state index < -0.39 is 0 Å². The van der Waals surface area contributed by atoms with E-state index in [-0.39, 0.29) is 11.9 Å². The van der Waals surface area contributed by atoms with Crippen molar-refractivity contribution in [2.45, 2.75) is 45.6 Å². The van der Waals surface area contributed by atoms with Crippen molar-refractivity contribution in [2.75, 3.05) is 11.9 Å². The molecule has 1 aromatic heterocycles. The van der Waals surface area contributed by atoms with E-state index in [1.54, 1.807) is 0 Å². The summed E-state index contributed by atoms with van der Waals surface area (Å²) in [5.74, 6) is 1.41. The second-order valence-electron chi connectivity index (χ2n) is 7.46. The number of hydrogen-bond acceptors (Lipinski definition) is 5. The summed E-state index contributed by atoms with van der Waals surface area (Å²) >= 11 is 0. The highest BCUT2D eigenvalue weighted by Crippen LogP contribution is 2.26. The van der Waals surface area contributed by atoms with Gasteiger partial charge in [0.2, 0.25) is 5.91 Å². The minimum absolute atomic E-state index is 0.104. The number of benzene rings is 2. The fourth-order valence-electron chi connectivity index (χ4n) is 3.55. The Morgan fingerprint density at radius 3 is 2.76 bits per heavy atom. The Balaban J connectivity index is 1.31. The number of nitrogens with zero attached hydrogens (tertiary/aromatic N) is 2. The van der Waals surface area contributed by atoms with Crippen LogP contribution in [-0.4, -0.2) is 22.6 Å². The van der Waals surface area contributed by atoms with Crippen molar-refractivity contribution < 1.29 is 9.32 Å². The van der Waals surface area contributed by atoms with Crippen LogP contribution in [0.4, 0.5) is 5.69 Å². The Hall–Kier alpha value is -2.99. The zero-order chi connectivity index (χ0) is 20.2. The summed E-state index contributed by atoms with van der Waals surface area (Å²) in [6.45, 7) is 5.07. The Labute approximate surface area is 170 Å². The number of anilines is 1. The molecule has 1 amide bonds. The molecule has 2 aromatic carbocycles. The van der Waals surface area contributed by atoms with Crippen LogP contribution in [0.25, 0.3) is 11.5 Å². The van der Waals surface area contributed by atoms with Crippen molar-refractivity contribution in [3.8, 4) is 11.5 Å². The maximum Gasteiger partial charge on any atom is 0.257 e. The second kappa shape index (κ2) is 8.57. The quantitative estimate of drug-likeness (QED) is 0.635. The molecule has 0 radical (unpaired) electrons. The molecule has 2 heterocycles. The van der Waals surface area contributed by atoms with Crippen LogP contribution in [-0.2, 0) is 24.1 Å². The number of hydrogen-bond donors (Lipinski definition) is 2. The van der Waals surface area contributed by atoms with Gasteiger partial charge in [0, 0.05) is 30.1 Å². The maximum absolute atomic E-state index is 11.5. The standard InChI is InChI=1S/C23H26N4O2/c1-3-21-26-23(29-27-21)17-6-4-16(5-7-17)12-13-24-15(2)18-8-10-20-19(14-18)9-11-22(28)25-20/h4-8,10,14-15,24H,3,9,11-13H2,1-2H3,(H,25,28). The van der Waals surface area contributed by atoms with E-state index in [9.17, 15) is 4.79 Å². The van der Waals surface area contributed by atoms with E-state index in [0.29, 0.717) is 12.3 Å². The predicted molar refractivity (Wildman–Crippen MR) is 113 cm³/mol. The molecule has 2 N–H and O–H groups in total. The highest BCUT2D eigenvalue weighted by Gasteiger charge is 2.16. The van der Waals surface area contributed by atoms with Gasteiger partial charge in [0.25, 0.3) is 5.89 Å². The molecule has 0 saturated heterocycles. The first-order valence-corrected chi connectivity index (χ1v) is 10.2. The van der Waals surface area contributed by atoms with Crippen LogP contribution in [0.3, 0.4) is 0 Å². The second-order valence-corrected chi connectivity index (χ2v) is 7.46. The molecule has 29 heavy (non-hydrogen) atoms. The van der Waals surface area contributed by atoms with E-state index in [2.05, 4.69) is 52.0 Å². The molecule has 1 aliphatic rings. The third-order valence-electron chi connectivity index (χ3n) is 5.37. The lowest BCUT2D eigenvalue weighted by atomic mass is 9.97. The van der Waals surface area contributed by atoms with E-state index in [1.165, 1.54) is 16.7 Å². The van der Waals surface area contributed by atoms with Crippen LogP contribution in [0, 0.1) is 0 Å². The monoisotopic (exact) mass is 390 g/mol. The number of rotatable bonds is 7. The third kappa shape index (κ3) is 4.54. The summed E-state index contributed by atoms with van der Waals surface area (Å²) < 4.78 is 5.29. The number of carbonyl (C=O) groups excluding carboxylic acids is 1. The molecule has 0 fully saturated rings. The van der Waals surface area contributed by atoms with Gasteiger partial charge in [0.1, 0.15) is 0 Å². The average Bonchev–Trinajstić information content (AvgIpc) is 3.23. The van der Waals surface area contributed by atoms with Crippen LogP contribution in [0.1, 0.15) is 48.8 Å². The molecule has 6 nitrogen and oxygen atoms in total. The lowest BCUT2D eigenvalue weighted by molar-refractivity contribution is -0.116. The van der Waals surface area contributed by atoms with Crippen molar-refractivity contribution in [1.29, 1.82) is 0 Å². The van der Waals surface area contributed by atoms with Crippen LogP contribution in [0.15, 0.2) is 47.0 Å². The fraction of sp³-hybridized carbons (Fsp3) is 0.348. The summed E-state index contributed by atoms with van der Waals surface area (Å²) in [5.41, 5.74) is 5.63. The van der Waals surface area contributed by atoms with Crippen LogP contribution >= 0.6 is 0 Å². The lowest BCUT2D eigenvalue weighted by Crippen LogP contribution is -2.23. The van der Waals surface area contributed by atoms with Crippen molar-refractivity contribution >= 4 is 11.6 Å². The van der Waals surface area contributed by atoms with Gasteiger partial charge in [0.05, 0.1) is 0 Å². The van der Waals surface area contributed by atoms with E-state index in [4.69, 9.17) is 4.52 Å². The number of aryl methyl sites for hydroxylation is 2. The van der Waals surface area contributed by atoms with Crippen molar-refractivity contribution in [1.82, 2.24) is 15.5 Å². The normalized spacial score (nSPS) is 14.3. The molecule has 3 aromatic rings. The smallest absolute Gasteiger partial charge is 0.257 e. The molecule has 0 spiro atoms. The number of fused-ring (bicyclic) bond motifs is 1. The Morgan fingerprint density at radius 1 is 1.17 bits per heavy atom. The van der Waals surface area contributed by atoms with Gasteiger partial charge >= 0.3 is 0 Å². The molecule has 0 saturated carbocycles. The lowest BCUT2D eigenvalue weighted by Gasteiger charge is -2.20. The first-order chi connectivity index (χ1) is 14.1. The Morgan fingerprint density at radius 2 is 2.00 bits per heavy atom. The van der Waals surface area contributed by atoms with E-state index in [1.807, 2.05) is 25.1 Å². The van der Waals surface area contributed by atoms with Crippen LogP contribution in [0.5, 0.6) is 0 Å². The largest absolute Gasteiger partial charge is 0.334 e. The van der Waals surface area contributed by atoms with Gasteiger partial charge in [-0.15, -0.1) is 0 Å². The van der Waals surface area contributed by atoms with Gasteiger partial charge < -0.3 is 15.2 Å². The summed E-state index contributed by atoms with van der Waals surface area (Å²) in [5, 5.41) is 10.5. The molecule has 4 rings (SSSR count). The first kappa shape index (κ1) is 19.3. The molecule has 6 heteroatoms. The highest BCUT2D eigenvalue weighted by atomic mass is 16.5. The molecule has 150 valence electrons. The van der Waals surface area contributed by atoms with Gasteiger partial charge in [-0.1, -0.05) is 36.3 Å². The number of nitrogens with one attached hydrogen (secondary N) is 2. The van der Waals surface area contributed by atoms with Crippen molar-refractivity contribution in [2.24, 2.45) is 0 Å². The summed E-state index contributed by atoms with van der Waals surface area (Å²) in [4.78, 5) is 15.9. The minimum atomic E-state index is 0.104. The third-order valence-corrected chi connectivity index (χ3v) is 5.37. The molecule has 1 unspecified atom stereocenters. The molecule has 1 aliphatic heterocycles. The first-order valence-electron chi connectivity index (χ1n) is 10.2. The van der Waals surface area contributed by atoms with Gasteiger partial charge in [-0.25, -0.2) is 0 Å². The van der Waals surface area contributed by atoms with E-state index >= 15 is 0 Å². The SMILES string of the molecule is CCc1noc(-c2ccc(CCNC(C)c3ccc4c(c3)CCC(=O)N4)cc2)n1. The molecular weight excluding hydrogens is 364 g/mol. The van der Waals surface area contributed by atoms with Gasteiger partial charge in [-0.3, -0.25) is 4.79 Å². The number of amides is 1. The van der Waals surface area contributed by atoms with Crippen LogP contribution < -0.4 is 10.6 Å². The van der Waals surface area contributed by atoms with Gasteiger partial charge in [-0.2, -0.15) is 4.98 Å². The van der Waals surface area contributed by atoms with Crippen LogP contribution in [0.2, 0.25) is 0 Å². The molecular formula is C23H26N4O2. The Kier molecular flexibility index (Phi) is 5.71. The van der Waals surface area contributed by atoms with Crippen molar-refractivity contribution in [3.63, 3.8) is 0 Å². The predicted octanol–water partition coefficient (Wildman–Crippen LogP) is 4.08. The summed E-state index contributed by atoms with van der Waals surface area (Å²) in [7, 11) is 0. The molecule has 1 atom stereocenters. The maximum atomic E-state index is 11.5. The summed E-state index contributed by atoms with van der Waals surface area (Å²) in [6.07, 6.45) is 3.09. The topological polar surface area (TPSA) is 80.0 Å².